The van der Waals surface area contributed by atoms with Crippen LogP contribution in [0, 0.1) is 5.41 Å². The van der Waals surface area contributed by atoms with E-state index in [0.717, 1.165) is 35.7 Å². The summed E-state index contributed by atoms with van der Waals surface area (Å²) in [5.41, 5.74) is 3.40. The summed E-state index contributed by atoms with van der Waals surface area (Å²) >= 11 is 6.24. The molecule has 0 bridgehead atoms. The van der Waals surface area contributed by atoms with Crippen molar-refractivity contribution in [1.82, 2.24) is 25.1 Å². The van der Waals surface area contributed by atoms with Crippen LogP contribution < -0.4 is 4.90 Å². The molecular weight excluding hydrogens is 336 g/mol. The second kappa shape index (κ2) is 6.26. The average molecular weight is 357 g/mol. The van der Waals surface area contributed by atoms with Gasteiger partial charge < -0.3 is 4.90 Å². The normalized spacial score (nSPS) is 17.2. The van der Waals surface area contributed by atoms with Crippen LogP contribution in [0.1, 0.15) is 33.1 Å². The Hall–Kier alpha value is -2.21. The number of rotatable bonds is 3. The molecule has 4 rings (SSSR count). The van der Waals surface area contributed by atoms with Gasteiger partial charge in [0.1, 0.15) is 11.3 Å². The van der Waals surface area contributed by atoms with Crippen LogP contribution in [0.15, 0.2) is 24.7 Å². The Morgan fingerprint density at radius 3 is 2.80 bits per heavy atom. The van der Waals surface area contributed by atoms with Gasteiger partial charge in [0, 0.05) is 31.0 Å². The first-order chi connectivity index (χ1) is 12.1. The Labute approximate surface area is 151 Å². The zero-order chi connectivity index (χ0) is 17.4. The zero-order valence-corrected chi connectivity index (χ0v) is 15.2. The number of nitrogens with one attached hydrogen (secondary N) is 1. The van der Waals surface area contributed by atoms with Crippen molar-refractivity contribution < 1.29 is 0 Å². The molecular formula is C18H21ClN6. The van der Waals surface area contributed by atoms with Gasteiger partial charge in [0.25, 0.3) is 0 Å². The van der Waals surface area contributed by atoms with E-state index in [4.69, 9.17) is 16.6 Å². The van der Waals surface area contributed by atoms with Crippen molar-refractivity contribution in [3.05, 3.63) is 29.7 Å². The molecule has 25 heavy (non-hydrogen) atoms. The maximum Gasteiger partial charge on any atom is 0.202 e. The summed E-state index contributed by atoms with van der Waals surface area (Å²) in [7, 11) is 0. The predicted octanol–water partition coefficient (Wildman–Crippen LogP) is 4.08. The highest BCUT2D eigenvalue weighted by Crippen LogP contribution is 2.35. The lowest BCUT2D eigenvalue weighted by Gasteiger charge is -2.39. The monoisotopic (exact) mass is 356 g/mol. The van der Waals surface area contributed by atoms with E-state index < -0.39 is 0 Å². The van der Waals surface area contributed by atoms with E-state index in [2.05, 4.69) is 38.9 Å². The smallest absolute Gasteiger partial charge is 0.202 e. The number of halogens is 1. The molecule has 1 N–H and O–H groups in total. The number of fused-ring (bicyclic) bond motifs is 1. The molecule has 1 saturated heterocycles. The number of pyridine rings is 1. The lowest BCUT2D eigenvalue weighted by molar-refractivity contribution is 0.238. The van der Waals surface area contributed by atoms with Gasteiger partial charge in [-0.05, 0) is 24.3 Å². The number of aromatic amines is 1. The third kappa shape index (κ3) is 2.95. The Balaban J connectivity index is 1.64. The molecule has 0 aromatic carbocycles. The van der Waals surface area contributed by atoms with Gasteiger partial charge in [-0.2, -0.15) is 5.10 Å². The fourth-order valence-corrected chi connectivity index (χ4v) is 3.55. The van der Waals surface area contributed by atoms with Gasteiger partial charge in [0.2, 0.25) is 5.65 Å². The third-order valence-electron chi connectivity index (χ3n) is 5.44. The van der Waals surface area contributed by atoms with Gasteiger partial charge in [0.05, 0.1) is 16.9 Å². The predicted molar refractivity (Wildman–Crippen MR) is 99.8 cm³/mol. The molecule has 0 amide bonds. The number of hydrogen-bond acceptors (Lipinski definition) is 5. The number of hydrogen-bond donors (Lipinski definition) is 1. The number of piperidine rings is 1. The molecule has 1 aliphatic rings. The van der Waals surface area contributed by atoms with E-state index in [0.29, 0.717) is 16.1 Å². The summed E-state index contributed by atoms with van der Waals surface area (Å²) in [5.74, 6) is 0.893. The minimum Gasteiger partial charge on any atom is -0.355 e. The van der Waals surface area contributed by atoms with Crippen molar-refractivity contribution in [3.8, 4) is 11.3 Å². The summed E-state index contributed by atoms with van der Waals surface area (Å²) in [6, 6.07) is 1.85. The first kappa shape index (κ1) is 16.3. The molecule has 0 saturated carbocycles. The minimum absolute atomic E-state index is 0.450. The van der Waals surface area contributed by atoms with Gasteiger partial charge in [-0.1, -0.05) is 31.9 Å². The molecule has 3 aromatic heterocycles. The summed E-state index contributed by atoms with van der Waals surface area (Å²) in [6.07, 6.45) is 8.74. The maximum absolute atomic E-state index is 6.24. The molecule has 0 unspecified atom stereocenters. The van der Waals surface area contributed by atoms with Crippen LogP contribution in [0.25, 0.3) is 22.4 Å². The molecule has 130 valence electrons. The van der Waals surface area contributed by atoms with E-state index in [9.17, 15) is 0 Å². The van der Waals surface area contributed by atoms with E-state index >= 15 is 0 Å². The van der Waals surface area contributed by atoms with Crippen molar-refractivity contribution in [2.45, 2.75) is 33.1 Å². The molecule has 0 radical (unpaired) electrons. The molecule has 4 heterocycles. The molecule has 1 fully saturated rings. The third-order valence-corrected chi connectivity index (χ3v) is 5.74. The fraction of sp³-hybridized carbons (Fsp3) is 0.444. The summed E-state index contributed by atoms with van der Waals surface area (Å²) < 4.78 is 0. The van der Waals surface area contributed by atoms with Crippen molar-refractivity contribution in [3.63, 3.8) is 0 Å². The highest BCUT2D eigenvalue weighted by Gasteiger charge is 2.29. The van der Waals surface area contributed by atoms with Crippen molar-refractivity contribution in [2.24, 2.45) is 5.41 Å². The van der Waals surface area contributed by atoms with E-state index in [1.807, 2.05) is 12.3 Å². The highest BCUT2D eigenvalue weighted by atomic mass is 35.5. The minimum atomic E-state index is 0.450. The first-order valence-electron chi connectivity index (χ1n) is 8.65. The Morgan fingerprint density at radius 2 is 2.08 bits per heavy atom. The molecule has 7 heteroatoms. The molecule has 0 spiro atoms. The number of aromatic nitrogens is 5. The Bertz CT molecular complexity index is 897. The van der Waals surface area contributed by atoms with Gasteiger partial charge in [-0.15, -0.1) is 0 Å². The van der Waals surface area contributed by atoms with Crippen molar-refractivity contribution >= 4 is 28.6 Å². The molecule has 6 nitrogen and oxygen atoms in total. The standard InChI is InChI=1S/C18H21ClN6/c1-3-18(2)5-8-25(9-6-18)14-11-21-16-15(23-24-17(16)22-14)12-4-7-20-10-13(12)19/h4,7,10-11H,3,5-6,8-9H2,1-2H3,(H,22,23,24). The van der Waals surface area contributed by atoms with E-state index in [1.165, 1.54) is 19.3 Å². The summed E-state index contributed by atoms with van der Waals surface area (Å²) in [6.45, 7) is 6.67. The van der Waals surface area contributed by atoms with Crippen LogP contribution >= 0.6 is 11.6 Å². The SMILES string of the molecule is CCC1(C)CCN(c2cnc3c(-c4ccncc4Cl)[nH]nc3n2)CC1. The van der Waals surface area contributed by atoms with E-state index in [-0.39, 0.29) is 0 Å². The summed E-state index contributed by atoms with van der Waals surface area (Å²) in [5, 5.41) is 7.91. The van der Waals surface area contributed by atoms with Gasteiger partial charge >= 0.3 is 0 Å². The van der Waals surface area contributed by atoms with Crippen LogP contribution in [0.4, 0.5) is 5.82 Å². The Kier molecular flexibility index (Phi) is 4.07. The van der Waals surface area contributed by atoms with Gasteiger partial charge in [-0.3, -0.25) is 10.1 Å². The maximum atomic E-state index is 6.24. The van der Waals surface area contributed by atoms with Crippen LogP contribution in [-0.2, 0) is 0 Å². The number of H-pyrrole nitrogens is 1. The van der Waals surface area contributed by atoms with Gasteiger partial charge in [-0.25, -0.2) is 9.97 Å². The fourth-order valence-electron chi connectivity index (χ4n) is 3.33. The topological polar surface area (TPSA) is 70.6 Å². The lowest BCUT2D eigenvalue weighted by Crippen LogP contribution is -2.38. The van der Waals surface area contributed by atoms with Crippen molar-refractivity contribution in [1.29, 1.82) is 0 Å². The van der Waals surface area contributed by atoms with Crippen LogP contribution in [0.2, 0.25) is 5.02 Å². The first-order valence-corrected chi connectivity index (χ1v) is 9.03. The average Bonchev–Trinajstić information content (AvgIpc) is 3.06. The van der Waals surface area contributed by atoms with Gasteiger partial charge in [0.15, 0.2) is 0 Å². The zero-order valence-electron chi connectivity index (χ0n) is 14.5. The molecule has 0 atom stereocenters. The van der Waals surface area contributed by atoms with Crippen LogP contribution in [-0.4, -0.2) is 38.2 Å². The largest absolute Gasteiger partial charge is 0.355 e. The quantitative estimate of drug-likeness (QED) is 0.765. The molecule has 0 aliphatic carbocycles. The van der Waals surface area contributed by atoms with Crippen LogP contribution in [0.5, 0.6) is 0 Å². The van der Waals surface area contributed by atoms with E-state index in [1.54, 1.807) is 12.4 Å². The number of nitrogens with zero attached hydrogens (tertiary/aromatic N) is 5. The lowest BCUT2D eigenvalue weighted by atomic mass is 9.78. The molecule has 3 aromatic rings. The second-order valence-corrected chi connectivity index (χ2v) is 7.41. The summed E-state index contributed by atoms with van der Waals surface area (Å²) in [4.78, 5) is 15.6. The Morgan fingerprint density at radius 1 is 1.28 bits per heavy atom. The van der Waals surface area contributed by atoms with Crippen LogP contribution in [0.3, 0.4) is 0 Å². The highest BCUT2D eigenvalue weighted by molar-refractivity contribution is 6.33. The number of anilines is 1. The second-order valence-electron chi connectivity index (χ2n) is 7.01. The van der Waals surface area contributed by atoms with Crippen molar-refractivity contribution in [2.75, 3.05) is 18.0 Å². The molecule has 1 aliphatic heterocycles.